The smallest absolute Gasteiger partial charge is 0.222 e. The summed E-state index contributed by atoms with van der Waals surface area (Å²) in [7, 11) is 0. The molecule has 2 heteroatoms. The molecule has 2 nitrogen and oxygen atoms in total. The van der Waals surface area contributed by atoms with Gasteiger partial charge in [0.1, 0.15) is 0 Å². The van der Waals surface area contributed by atoms with Gasteiger partial charge < -0.3 is 4.90 Å². The molecular formula is C15H21NO. The maximum absolute atomic E-state index is 11.9. The van der Waals surface area contributed by atoms with Gasteiger partial charge in [-0.15, -0.1) is 0 Å². The second-order valence-corrected chi connectivity index (χ2v) is 4.80. The molecular weight excluding hydrogens is 210 g/mol. The van der Waals surface area contributed by atoms with Crippen molar-refractivity contribution in [3.8, 4) is 0 Å². The topological polar surface area (TPSA) is 20.3 Å². The SMILES string of the molecule is CCc1ccc(CN2CCCCCC2=O)cc1. The highest BCUT2D eigenvalue weighted by molar-refractivity contribution is 5.76. The molecule has 2 rings (SSSR count). The van der Waals surface area contributed by atoms with Crippen LogP contribution in [0.15, 0.2) is 24.3 Å². The number of carbonyl (C=O) groups excluding carboxylic acids is 1. The maximum atomic E-state index is 11.9. The molecule has 1 amide bonds. The zero-order valence-corrected chi connectivity index (χ0v) is 10.6. The van der Waals surface area contributed by atoms with Gasteiger partial charge in [0.05, 0.1) is 0 Å². The van der Waals surface area contributed by atoms with Crippen molar-refractivity contribution in [1.82, 2.24) is 4.90 Å². The normalized spacial score (nSPS) is 17.0. The van der Waals surface area contributed by atoms with Gasteiger partial charge in [0.2, 0.25) is 5.91 Å². The van der Waals surface area contributed by atoms with Crippen molar-refractivity contribution in [2.45, 2.75) is 45.6 Å². The van der Waals surface area contributed by atoms with E-state index in [4.69, 9.17) is 0 Å². The molecule has 1 heterocycles. The second-order valence-electron chi connectivity index (χ2n) is 4.80. The lowest BCUT2D eigenvalue weighted by Gasteiger charge is -2.20. The predicted octanol–water partition coefficient (Wildman–Crippen LogP) is 3.15. The first-order chi connectivity index (χ1) is 8.29. The Morgan fingerprint density at radius 2 is 1.76 bits per heavy atom. The van der Waals surface area contributed by atoms with Crippen molar-refractivity contribution in [3.63, 3.8) is 0 Å². The summed E-state index contributed by atoms with van der Waals surface area (Å²) in [5, 5.41) is 0. The first-order valence-corrected chi connectivity index (χ1v) is 6.65. The van der Waals surface area contributed by atoms with E-state index in [2.05, 4.69) is 31.2 Å². The Bertz CT molecular complexity index is 369. The highest BCUT2D eigenvalue weighted by Crippen LogP contribution is 2.15. The zero-order chi connectivity index (χ0) is 12.1. The molecule has 0 atom stereocenters. The van der Waals surface area contributed by atoms with Gasteiger partial charge in [-0.05, 0) is 30.4 Å². The van der Waals surface area contributed by atoms with E-state index in [1.807, 2.05) is 4.90 Å². The van der Waals surface area contributed by atoms with Crippen LogP contribution in [0.3, 0.4) is 0 Å². The van der Waals surface area contributed by atoms with Crippen LogP contribution in [0.2, 0.25) is 0 Å². The number of aryl methyl sites for hydroxylation is 1. The molecule has 0 spiro atoms. The minimum Gasteiger partial charge on any atom is -0.338 e. The van der Waals surface area contributed by atoms with Crippen molar-refractivity contribution in [2.75, 3.05) is 6.54 Å². The highest BCUT2D eigenvalue weighted by Gasteiger charge is 2.16. The van der Waals surface area contributed by atoms with E-state index in [1.54, 1.807) is 0 Å². The summed E-state index contributed by atoms with van der Waals surface area (Å²) in [5.74, 6) is 0.321. The van der Waals surface area contributed by atoms with Crippen LogP contribution in [0.25, 0.3) is 0 Å². The van der Waals surface area contributed by atoms with Crippen molar-refractivity contribution in [3.05, 3.63) is 35.4 Å². The van der Waals surface area contributed by atoms with E-state index in [0.717, 1.165) is 38.8 Å². The summed E-state index contributed by atoms with van der Waals surface area (Å²) < 4.78 is 0. The molecule has 1 saturated heterocycles. The lowest BCUT2D eigenvalue weighted by Crippen LogP contribution is -2.29. The van der Waals surface area contributed by atoms with E-state index in [-0.39, 0.29) is 0 Å². The number of rotatable bonds is 3. The van der Waals surface area contributed by atoms with Crippen LogP contribution in [-0.4, -0.2) is 17.4 Å². The Morgan fingerprint density at radius 3 is 2.47 bits per heavy atom. The number of carbonyl (C=O) groups is 1. The van der Waals surface area contributed by atoms with Crippen LogP contribution >= 0.6 is 0 Å². The molecule has 0 saturated carbocycles. The number of benzene rings is 1. The summed E-state index contributed by atoms with van der Waals surface area (Å²) in [5.41, 5.74) is 2.60. The summed E-state index contributed by atoms with van der Waals surface area (Å²) in [6.07, 6.45) is 5.20. The van der Waals surface area contributed by atoms with Crippen LogP contribution in [-0.2, 0) is 17.8 Å². The first-order valence-electron chi connectivity index (χ1n) is 6.65. The third-order valence-electron chi connectivity index (χ3n) is 3.48. The van der Waals surface area contributed by atoms with Crippen LogP contribution in [0.5, 0.6) is 0 Å². The number of hydrogen-bond acceptors (Lipinski definition) is 1. The van der Waals surface area contributed by atoms with E-state index in [1.165, 1.54) is 17.5 Å². The molecule has 92 valence electrons. The summed E-state index contributed by atoms with van der Waals surface area (Å²) >= 11 is 0. The third-order valence-corrected chi connectivity index (χ3v) is 3.48. The minimum absolute atomic E-state index is 0.321. The molecule has 0 radical (unpaired) electrons. The highest BCUT2D eigenvalue weighted by atomic mass is 16.2. The first kappa shape index (κ1) is 12.2. The summed E-state index contributed by atoms with van der Waals surface area (Å²) in [6.45, 7) is 3.87. The number of nitrogens with zero attached hydrogens (tertiary/aromatic N) is 1. The van der Waals surface area contributed by atoms with E-state index in [0.29, 0.717) is 5.91 Å². The molecule has 1 fully saturated rings. The lowest BCUT2D eigenvalue weighted by atomic mass is 10.1. The van der Waals surface area contributed by atoms with Crippen LogP contribution in [0, 0.1) is 0 Å². The Labute approximate surface area is 104 Å². The number of likely N-dealkylation sites (tertiary alicyclic amines) is 1. The molecule has 1 aliphatic rings. The van der Waals surface area contributed by atoms with Gasteiger partial charge in [0.25, 0.3) is 0 Å². The average Bonchev–Trinajstić information content (AvgIpc) is 2.56. The van der Waals surface area contributed by atoms with Gasteiger partial charge in [-0.2, -0.15) is 0 Å². The lowest BCUT2D eigenvalue weighted by molar-refractivity contribution is -0.131. The molecule has 0 unspecified atom stereocenters. The summed E-state index contributed by atoms with van der Waals surface area (Å²) in [4.78, 5) is 13.9. The Kier molecular flexibility index (Phi) is 4.18. The van der Waals surface area contributed by atoms with Crippen molar-refractivity contribution >= 4 is 5.91 Å². The van der Waals surface area contributed by atoms with Crippen molar-refractivity contribution in [2.24, 2.45) is 0 Å². The molecule has 1 aromatic carbocycles. The minimum atomic E-state index is 0.321. The van der Waals surface area contributed by atoms with Gasteiger partial charge in [0, 0.05) is 19.5 Å². The molecule has 0 aliphatic carbocycles. The largest absolute Gasteiger partial charge is 0.338 e. The molecule has 0 aromatic heterocycles. The third kappa shape index (κ3) is 3.32. The fraction of sp³-hybridized carbons (Fsp3) is 0.533. The van der Waals surface area contributed by atoms with Crippen LogP contribution < -0.4 is 0 Å². The fourth-order valence-electron chi connectivity index (χ4n) is 2.31. The molecule has 0 bridgehead atoms. The monoisotopic (exact) mass is 231 g/mol. The van der Waals surface area contributed by atoms with Gasteiger partial charge in [0.15, 0.2) is 0 Å². The van der Waals surface area contributed by atoms with Crippen molar-refractivity contribution in [1.29, 1.82) is 0 Å². The number of hydrogen-bond donors (Lipinski definition) is 0. The summed E-state index contributed by atoms with van der Waals surface area (Å²) in [6, 6.07) is 8.63. The molecule has 17 heavy (non-hydrogen) atoms. The van der Waals surface area contributed by atoms with E-state index in [9.17, 15) is 4.79 Å². The maximum Gasteiger partial charge on any atom is 0.222 e. The van der Waals surface area contributed by atoms with E-state index >= 15 is 0 Å². The molecule has 1 aromatic rings. The average molecular weight is 231 g/mol. The second kappa shape index (κ2) is 5.85. The molecule has 0 N–H and O–H groups in total. The predicted molar refractivity (Wildman–Crippen MR) is 69.7 cm³/mol. The Hall–Kier alpha value is -1.31. The van der Waals surface area contributed by atoms with Crippen molar-refractivity contribution < 1.29 is 4.79 Å². The van der Waals surface area contributed by atoms with E-state index < -0.39 is 0 Å². The number of amides is 1. The Balaban J connectivity index is 2.00. The standard InChI is InChI=1S/C15H21NO/c1-2-13-7-9-14(10-8-13)12-16-11-5-3-4-6-15(16)17/h7-10H,2-6,11-12H2,1H3. The zero-order valence-electron chi connectivity index (χ0n) is 10.6. The fourth-order valence-corrected chi connectivity index (χ4v) is 2.31. The Morgan fingerprint density at radius 1 is 1.06 bits per heavy atom. The van der Waals surface area contributed by atoms with Crippen LogP contribution in [0.1, 0.15) is 43.7 Å². The van der Waals surface area contributed by atoms with Gasteiger partial charge >= 0.3 is 0 Å². The quantitative estimate of drug-likeness (QED) is 0.782. The molecule has 1 aliphatic heterocycles. The van der Waals surface area contributed by atoms with Gasteiger partial charge in [-0.25, -0.2) is 0 Å². The van der Waals surface area contributed by atoms with Crippen LogP contribution in [0.4, 0.5) is 0 Å². The van der Waals surface area contributed by atoms with Gasteiger partial charge in [-0.1, -0.05) is 37.6 Å². The van der Waals surface area contributed by atoms with Gasteiger partial charge in [-0.3, -0.25) is 4.79 Å².